The molecule has 0 aromatic carbocycles. The molecule has 5 heteroatoms. The van der Waals surface area contributed by atoms with Crippen molar-refractivity contribution in [1.82, 2.24) is 4.90 Å². The standard InChI is InChI=1S/C14H24N2O3/c15-12-4-2-1-3-11(12)14(19)16-7-5-10(6-8-16)9-13(17)18/h10-12H,1-9,15H2,(H,17,18). The highest BCUT2D eigenvalue weighted by atomic mass is 16.4. The largest absolute Gasteiger partial charge is 0.481 e. The fourth-order valence-electron chi connectivity index (χ4n) is 3.31. The molecule has 0 radical (unpaired) electrons. The quantitative estimate of drug-likeness (QED) is 0.806. The Balaban J connectivity index is 1.83. The van der Waals surface area contributed by atoms with Gasteiger partial charge in [-0.05, 0) is 31.6 Å². The molecule has 0 bridgehead atoms. The van der Waals surface area contributed by atoms with E-state index in [2.05, 4.69) is 0 Å². The number of nitrogens with two attached hydrogens (primary N) is 1. The Morgan fingerprint density at radius 1 is 1.11 bits per heavy atom. The number of carbonyl (C=O) groups is 2. The van der Waals surface area contributed by atoms with E-state index in [4.69, 9.17) is 10.8 Å². The van der Waals surface area contributed by atoms with E-state index in [0.29, 0.717) is 13.1 Å². The topological polar surface area (TPSA) is 83.6 Å². The summed E-state index contributed by atoms with van der Waals surface area (Å²) in [5.41, 5.74) is 6.05. The Hall–Kier alpha value is -1.10. The predicted octanol–water partition coefficient (Wildman–Crippen LogP) is 1.22. The first-order chi connectivity index (χ1) is 9.08. The van der Waals surface area contributed by atoms with Gasteiger partial charge in [0.05, 0.1) is 5.92 Å². The molecule has 1 saturated heterocycles. The number of carboxylic acids is 1. The number of likely N-dealkylation sites (tertiary alicyclic amines) is 1. The van der Waals surface area contributed by atoms with Gasteiger partial charge >= 0.3 is 5.97 Å². The van der Waals surface area contributed by atoms with Crippen LogP contribution in [0.2, 0.25) is 0 Å². The summed E-state index contributed by atoms with van der Waals surface area (Å²) in [4.78, 5) is 25.0. The zero-order valence-electron chi connectivity index (χ0n) is 11.4. The van der Waals surface area contributed by atoms with Crippen LogP contribution < -0.4 is 5.73 Å². The van der Waals surface area contributed by atoms with E-state index >= 15 is 0 Å². The van der Waals surface area contributed by atoms with Gasteiger partial charge in [-0.25, -0.2) is 0 Å². The van der Waals surface area contributed by atoms with Crippen LogP contribution in [0.15, 0.2) is 0 Å². The number of amides is 1. The Labute approximate surface area is 114 Å². The minimum Gasteiger partial charge on any atom is -0.481 e. The van der Waals surface area contributed by atoms with Gasteiger partial charge < -0.3 is 15.7 Å². The van der Waals surface area contributed by atoms with Crippen molar-refractivity contribution in [2.24, 2.45) is 17.6 Å². The Kier molecular flexibility index (Phi) is 4.80. The van der Waals surface area contributed by atoms with E-state index < -0.39 is 5.97 Å². The molecule has 108 valence electrons. The van der Waals surface area contributed by atoms with Gasteiger partial charge in [-0.2, -0.15) is 0 Å². The number of carboxylic acid groups (broad SMARTS) is 1. The third-order valence-corrected chi connectivity index (χ3v) is 4.53. The second-order valence-electron chi connectivity index (χ2n) is 5.92. The fourth-order valence-corrected chi connectivity index (χ4v) is 3.31. The number of carbonyl (C=O) groups excluding carboxylic acids is 1. The maximum Gasteiger partial charge on any atom is 0.303 e. The van der Waals surface area contributed by atoms with Gasteiger partial charge in [0.15, 0.2) is 0 Å². The van der Waals surface area contributed by atoms with Crippen LogP contribution >= 0.6 is 0 Å². The summed E-state index contributed by atoms with van der Waals surface area (Å²) >= 11 is 0. The molecule has 2 aliphatic rings. The fraction of sp³-hybridized carbons (Fsp3) is 0.857. The number of hydrogen-bond donors (Lipinski definition) is 2. The highest BCUT2D eigenvalue weighted by Gasteiger charge is 2.33. The highest BCUT2D eigenvalue weighted by molar-refractivity contribution is 5.79. The normalized spacial score (nSPS) is 29.2. The van der Waals surface area contributed by atoms with Crippen molar-refractivity contribution in [2.75, 3.05) is 13.1 Å². The molecule has 0 aromatic heterocycles. The lowest BCUT2D eigenvalue weighted by Crippen LogP contribution is -2.48. The maximum absolute atomic E-state index is 12.4. The molecule has 0 spiro atoms. The monoisotopic (exact) mass is 268 g/mol. The molecule has 19 heavy (non-hydrogen) atoms. The maximum atomic E-state index is 12.4. The van der Waals surface area contributed by atoms with Crippen LogP contribution in [0.3, 0.4) is 0 Å². The molecule has 1 amide bonds. The van der Waals surface area contributed by atoms with Crippen LogP contribution in [-0.2, 0) is 9.59 Å². The van der Waals surface area contributed by atoms with Crippen LogP contribution in [-0.4, -0.2) is 41.0 Å². The van der Waals surface area contributed by atoms with Crippen LogP contribution in [0.4, 0.5) is 0 Å². The van der Waals surface area contributed by atoms with Crippen molar-refractivity contribution in [2.45, 2.75) is 51.0 Å². The van der Waals surface area contributed by atoms with Gasteiger partial charge in [0.1, 0.15) is 0 Å². The van der Waals surface area contributed by atoms with Crippen LogP contribution in [0.25, 0.3) is 0 Å². The number of hydrogen-bond acceptors (Lipinski definition) is 3. The van der Waals surface area contributed by atoms with Crippen molar-refractivity contribution in [3.05, 3.63) is 0 Å². The van der Waals surface area contributed by atoms with Crippen LogP contribution in [0.5, 0.6) is 0 Å². The average Bonchev–Trinajstić information content (AvgIpc) is 2.39. The molecule has 5 nitrogen and oxygen atoms in total. The van der Waals surface area contributed by atoms with Crippen molar-refractivity contribution in [3.8, 4) is 0 Å². The molecule has 2 fully saturated rings. The Bertz CT molecular complexity index is 338. The zero-order chi connectivity index (χ0) is 13.8. The number of aliphatic carboxylic acids is 1. The van der Waals surface area contributed by atoms with Gasteiger partial charge in [0, 0.05) is 25.6 Å². The molecule has 2 unspecified atom stereocenters. The lowest BCUT2D eigenvalue weighted by Gasteiger charge is -2.36. The summed E-state index contributed by atoms with van der Waals surface area (Å²) in [6.07, 6.45) is 5.93. The molecule has 2 rings (SSSR count). The van der Waals surface area contributed by atoms with E-state index in [1.165, 1.54) is 0 Å². The van der Waals surface area contributed by atoms with E-state index in [-0.39, 0.29) is 30.2 Å². The molecule has 1 aliphatic heterocycles. The molecular formula is C14H24N2O3. The average molecular weight is 268 g/mol. The third-order valence-electron chi connectivity index (χ3n) is 4.53. The summed E-state index contributed by atoms with van der Waals surface area (Å²) in [5.74, 6) is -0.327. The van der Waals surface area contributed by atoms with E-state index in [1.807, 2.05) is 4.90 Å². The van der Waals surface area contributed by atoms with Crippen LogP contribution in [0, 0.1) is 11.8 Å². The molecule has 2 atom stereocenters. The predicted molar refractivity (Wildman–Crippen MR) is 71.5 cm³/mol. The van der Waals surface area contributed by atoms with Gasteiger partial charge in [0.25, 0.3) is 0 Å². The van der Waals surface area contributed by atoms with E-state index in [9.17, 15) is 9.59 Å². The molecule has 3 N–H and O–H groups in total. The summed E-state index contributed by atoms with van der Waals surface area (Å²) in [5, 5.41) is 8.78. The molecule has 1 heterocycles. The first kappa shape index (κ1) is 14.3. The van der Waals surface area contributed by atoms with Crippen molar-refractivity contribution in [1.29, 1.82) is 0 Å². The first-order valence-corrected chi connectivity index (χ1v) is 7.34. The summed E-state index contributed by atoms with van der Waals surface area (Å²) in [6.45, 7) is 1.39. The first-order valence-electron chi connectivity index (χ1n) is 7.34. The highest BCUT2D eigenvalue weighted by Crippen LogP contribution is 2.27. The van der Waals surface area contributed by atoms with Crippen molar-refractivity contribution < 1.29 is 14.7 Å². The lowest BCUT2D eigenvalue weighted by atomic mass is 9.83. The van der Waals surface area contributed by atoms with Crippen molar-refractivity contribution >= 4 is 11.9 Å². The van der Waals surface area contributed by atoms with Crippen LogP contribution in [0.1, 0.15) is 44.9 Å². The number of nitrogens with zero attached hydrogens (tertiary/aromatic N) is 1. The SMILES string of the molecule is NC1CCCCC1C(=O)N1CCC(CC(=O)O)CC1. The van der Waals surface area contributed by atoms with Gasteiger partial charge in [-0.3, -0.25) is 9.59 Å². The Morgan fingerprint density at radius 3 is 2.32 bits per heavy atom. The number of piperidine rings is 1. The smallest absolute Gasteiger partial charge is 0.303 e. The lowest BCUT2D eigenvalue weighted by molar-refractivity contribution is -0.140. The summed E-state index contributed by atoms with van der Waals surface area (Å²) < 4.78 is 0. The molecule has 1 saturated carbocycles. The van der Waals surface area contributed by atoms with Gasteiger partial charge in [-0.15, -0.1) is 0 Å². The Morgan fingerprint density at radius 2 is 1.74 bits per heavy atom. The molecule has 0 aromatic rings. The van der Waals surface area contributed by atoms with Crippen molar-refractivity contribution in [3.63, 3.8) is 0 Å². The minimum atomic E-state index is -0.737. The summed E-state index contributed by atoms with van der Waals surface area (Å²) in [7, 11) is 0. The minimum absolute atomic E-state index is 0.00947. The zero-order valence-corrected chi connectivity index (χ0v) is 11.4. The second-order valence-corrected chi connectivity index (χ2v) is 5.92. The van der Waals surface area contributed by atoms with Gasteiger partial charge in [-0.1, -0.05) is 12.8 Å². The number of rotatable bonds is 3. The third kappa shape index (κ3) is 3.69. The second kappa shape index (κ2) is 6.37. The summed E-state index contributed by atoms with van der Waals surface area (Å²) in [6, 6.07) is 0.0120. The van der Waals surface area contributed by atoms with Gasteiger partial charge in [0.2, 0.25) is 5.91 Å². The van der Waals surface area contributed by atoms with E-state index in [0.717, 1.165) is 38.5 Å². The molecule has 1 aliphatic carbocycles. The molecular weight excluding hydrogens is 244 g/mol. The van der Waals surface area contributed by atoms with E-state index in [1.54, 1.807) is 0 Å².